The van der Waals surface area contributed by atoms with Gasteiger partial charge in [0.25, 0.3) is 5.56 Å². The third kappa shape index (κ3) is 2.66. The molecular formula is C11H8FIN2O. The molecule has 82 valence electrons. The molecule has 0 N–H and O–H groups in total. The first-order valence-electron chi connectivity index (χ1n) is 4.62. The van der Waals surface area contributed by atoms with E-state index >= 15 is 0 Å². The van der Waals surface area contributed by atoms with Crippen LogP contribution in [0, 0.1) is 9.39 Å². The number of hydrogen-bond donors (Lipinski definition) is 0. The second kappa shape index (κ2) is 4.73. The van der Waals surface area contributed by atoms with Gasteiger partial charge in [-0.1, -0.05) is 12.1 Å². The summed E-state index contributed by atoms with van der Waals surface area (Å²) in [6.45, 7) is 0.357. The minimum Gasteiger partial charge on any atom is -0.268 e. The third-order valence-corrected chi connectivity index (χ3v) is 2.67. The Morgan fingerprint density at radius 2 is 2.00 bits per heavy atom. The van der Waals surface area contributed by atoms with Crippen LogP contribution in [-0.2, 0) is 6.54 Å². The maximum atomic E-state index is 12.7. The molecule has 0 radical (unpaired) electrons. The first-order chi connectivity index (χ1) is 7.65. The zero-order valence-electron chi connectivity index (χ0n) is 8.23. The average molecular weight is 330 g/mol. The van der Waals surface area contributed by atoms with Crippen molar-refractivity contribution in [3.63, 3.8) is 0 Å². The van der Waals surface area contributed by atoms with E-state index in [1.807, 2.05) is 22.6 Å². The van der Waals surface area contributed by atoms with Crippen LogP contribution in [0.15, 0.2) is 41.3 Å². The molecule has 0 fully saturated rings. The highest BCUT2D eigenvalue weighted by Gasteiger charge is 2.00. The van der Waals surface area contributed by atoms with Crippen LogP contribution in [0.4, 0.5) is 4.39 Å². The van der Waals surface area contributed by atoms with Gasteiger partial charge >= 0.3 is 0 Å². The fourth-order valence-corrected chi connectivity index (χ4v) is 1.68. The molecule has 0 aliphatic carbocycles. The summed E-state index contributed by atoms with van der Waals surface area (Å²) in [4.78, 5) is 11.5. The molecule has 16 heavy (non-hydrogen) atoms. The molecule has 3 nitrogen and oxygen atoms in total. The summed E-state index contributed by atoms with van der Waals surface area (Å²) in [7, 11) is 0. The topological polar surface area (TPSA) is 34.9 Å². The average Bonchev–Trinajstić information content (AvgIpc) is 2.25. The van der Waals surface area contributed by atoms with Gasteiger partial charge < -0.3 is 0 Å². The monoisotopic (exact) mass is 330 g/mol. The largest absolute Gasteiger partial charge is 0.268 e. The highest BCUT2D eigenvalue weighted by molar-refractivity contribution is 14.1. The normalized spacial score (nSPS) is 10.4. The Hall–Kier alpha value is -1.24. The molecule has 0 aliphatic heterocycles. The molecule has 1 aromatic heterocycles. The van der Waals surface area contributed by atoms with E-state index in [0.29, 0.717) is 6.54 Å². The Kier molecular flexibility index (Phi) is 3.33. The van der Waals surface area contributed by atoms with Crippen molar-refractivity contribution < 1.29 is 4.39 Å². The molecule has 0 unspecified atom stereocenters. The summed E-state index contributed by atoms with van der Waals surface area (Å²) in [6.07, 6.45) is 1.62. The number of rotatable bonds is 2. The summed E-state index contributed by atoms with van der Waals surface area (Å²) in [5, 5.41) is 4.00. The molecule has 0 spiro atoms. The molecule has 1 heterocycles. The van der Waals surface area contributed by atoms with Crippen molar-refractivity contribution in [2.24, 2.45) is 0 Å². The minimum atomic E-state index is -0.285. The molecule has 5 heteroatoms. The predicted molar refractivity (Wildman–Crippen MR) is 66.7 cm³/mol. The molecular weight excluding hydrogens is 322 g/mol. The van der Waals surface area contributed by atoms with Crippen LogP contribution in [0.5, 0.6) is 0 Å². The van der Waals surface area contributed by atoms with Gasteiger partial charge in [0.15, 0.2) is 0 Å². The van der Waals surface area contributed by atoms with Crippen LogP contribution in [0.25, 0.3) is 0 Å². The molecule has 2 aromatic rings. The van der Waals surface area contributed by atoms with E-state index in [4.69, 9.17) is 0 Å². The van der Waals surface area contributed by atoms with Crippen molar-refractivity contribution in [3.05, 3.63) is 61.8 Å². The van der Waals surface area contributed by atoms with E-state index < -0.39 is 0 Å². The third-order valence-electron chi connectivity index (χ3n) is 2.08. The van der Waals surface area contributed by atoms with E-state index in [2.05, 4.69) is 5.10 Å². The Bertz CT molecular complexity index is 551. The van der Waals surface area contributed by atoms with Crippen molar-refractivity contribution in [2.45, 2.75) is 6.54 Å². The van der Waals surface area contributed by atoms with E-state index in [-0.39, 0.29) is 11.4 Å². The molecule has 0 bridgehead atoms. The highest BCUT2D eigenvalue weighted by atomic mass is 127. The number of aromatic nitrogens is 2. The summed E-state index contributed by atoms with van der Waals surface area (Å²) < 4.78 is 14.8. The molecule has 0 saturated heterocycles. The van der Waals surface area contributed by atoms with Crippen LogP contribution in [-0.4, -0.2) is 9.78 Å². The Morgan fingerprint density at radius 1 is 1.31 bits per heavy atom. The lowest BCUT2D eigenvalue weighted by molar-refractivity contribution is 0.618. The Balaban J connectivity index is 2.27. The fourth-order valence-electron chi connectivity index (χ4n) is 1.29. The highest BCUT2D eigenvalue weighted by Crippen LogP contribution is 2.04. The molecule has 0 aliphatic rings. The van der Waals surface area contributed by atoms with E-state index in [0.717, 1.165) is 9.13 Å². The Morgan fingerprint density at radius 3 is 2.62 bits per heavy atom. The van der Waals surface area contributed by atoms with E-state index in [9.17, 15) is 9.18 Å². The molecule has 0 atom stereocenters. The van der Waals surface area contributed by atoms with Crippen LogP contribution in [0.1, 0.15) is 5.56 Å². The zero-order valence-corrected chi connectivity index (χ0v) is 10.4. The molecule has 0 saturated carbocycles. The summed E-state index contributed by atoms with van der Waals surface area (Å²) in [6, 6.07) is 7.53. The van der Waals surface area contributed by atoms with Crippen LogP contribution in [0.3, 0.4) is 0 Å². The van der Waals surface area contributed by atoms with Crippen LogP contribution in [0.2, 0.25) is 0 Å². The number of benzene rings is 1. The van der Waals surface area contributed by atoms with Crippen LogP contribution >= 0.6 is 22.6 Å². The van der Waals surface area contributed by atoms with Gasteiger partial charge in [0, 0.05) is 9.64 Å². The van der Waals surface area contributed by atoms with Crippen molar-refractivity contribution in [1.82, 2.24) is 9.78 Å². The maximum absolute atomic E-state index is 12.7. The number of halogens is 2. The van der Waals surface area contributed by atoms with Crippen molar-refractivity contribution in [2.75, 3.05) is 0 Å². The van der Waals surface area contributed by atoms with Gasteiger partial charge in [0.2, 0.25) is 0 Å². The summed E-state index contributed by atoms with van der Waals surface area (Å²) in [5.41, 5.74) is 0.688. The predicted octanol–water partition coefficient (Wildman–Crippen LogP) is 2.04. The first kappa shape index (κ1) is 11.3. The van der Waals surface area contributed by atoms with Gasteiger partial charge in [-0.3, -0.25) is 4.79 Å². The van der Waals surface area contributed by atoms with Gasteiger partial charge in [-0.25, -0.2) is 9.07 Å². The number of hydrogen-bond acceptors (Lipinski definition) is 2. The van der Waals surface area contributed by atoms with Crippen LogP contribution < -0.4 is 5.56 Å². The van der Waals surface area contributed by atoms with Gasteiger partial charge in [-0.15, -0.1) is 0 Å². The second-order valence-corrected chi connectivity index (χ2v) is 4.54. The second-order valence-electron chi connectivity index (χ2n) is 3.30. The molecule has 2 rings (SSSR count). The Labute approximate surface area is 105 Å². The van der Waals surface area contributed by atoms with Gasteiger partial charge in [0.1, 0.15) is 5.82 Å². The van der Waals surface area contributed by atoms with Gasteiger partial charge in [-0.2, -0.15) is 5.10 Å². The fraction of sp³-hybridized carbons (Fsp3) is 0.0909. The van der Waals surface area contributed by atoms with Crippen molar-refractivity contribution >= 4 is 22.6 Å². The standard InChI is InChI=1S/C11H8FIN2O/c12-9-3-1-8(2-4-9)7-15-11(16)5-10(13)6-14-15/h1-6H,7H2. The van der Waals surface area contributed by atoms with E-state index in [1.165, 1.54) is 22.9 Å². The summed E-state index contributed by atoms with van der Waals surface area (Å²) >= 11 is 2.03. The minimum absolute atomic E-state index is 0.156. The lowest BCUT2D eigenvalue weighted by atomic mass is 10.2. The molecule has 1 aromatic carbocycles. The lowest BCUT2D eigenvalue weighted by Crippen LogP contribution is -2.22. The zero-order chi connectivity index (χ0) is 11.5. The van der Waals surface area contributed by atoms with E-state index in [1.54, 1.807) is 18.3 Å². The quantitative estimate of drug-likeness (QED) is 0.790. The SMILES string of the molecule is O=c1cc(I)cnn1Cc1ccc(F)cc1. The van der Waals surface area contributed by atoms with Crippen molar-refractivity contribution in [1.29, 1.82) is 0 Å². The maximum Gasteiger partial charge on any atom is 0.268 e. The number of nitrogens with zero attached hydrogens (tertiary/aromatic N) is 2. The lowest BCUT2D eigenvalue weighted by Gasteiger charge is -2.03. The first-order valence-corrected chi connectivity index (χ1v) is 5.70. The smallest absolute Gasteiger partial charge is 0.268 e. The summed E-state index contributed by atoms with van der Waals surface area (Å²) in [5.74, 6) is -0.285. The molecule has 0 amide bonds. The van der Waals surface area contributed by atoms with Crippen molar-refractivity contribution in [3.8, 4) is 0 Å². The van der Waals surface area contributed by atoms with Gasteiger partial charge in [0.05, 0.1) is 12.7 Å². The van der Waals surface area contributed by atoms with Gasteiger partial charge in [-0.05, 0) is 40.3 Å².